The second-order valence-electron chi connectivity index (χ2n) is 6.46. The number of hydrogen-bond acceptors (Lipinski definition) is 5. The number of piperidine rings is 1. The summed E-state index contributed by atoms with van der Waals surface area (Å²) in [5, 5.41) is 12.0. The summed E-state index contributed by atoms with van der Waals surface area (Å²) in [5.41, 5.74) is 2.69. The molecule has 0 amide bonds. The molecule has 7 heteroatoms. The van der Waals surface area contributed by atoms with Gasteiger partial charge in [0.25, 0.3) is 0 Å². The first kappa shape index (κ1) is 13.1. The van der Waals surface area contributed by atoms with E-state index in [0.29, 0.717) is 11.8 Å². The molecule has 4 heterocycles. The van der Waals surface area contributed by atoms with E-state index < -0.39 is 0 Å². The standard InChI is InChI=1S/C16H18N6O/c1-21-7-10(4-19-21)14-8-22-15(2-3-18-22)16(20-14)23-9-13-11-5-17-6-12(11)13/h2-4,7-8,11-13,17H,5-6,9H2,1H3/t11-,12+,13-. The Morgan fingerprint density at radius 1 is 1.26 bits per heavy atom. The highest BCUT2D eigenvalue weighted by atomic mass is 16.5. The van der Waals surface area contributed by atoms with Gasteiger partial charge in [0.2, 0.25) is 5.88 Å². The minimum Gasteiger partial charge on any atom is -0.476 e. The second kappa shape index (κ2) is 4.79. The highest BCUT2D eigenvalue weighted by Crippen LogP contribution is 2.48. The Labute approximate surface area is 133 Å². The van der Waals surface area contributed by atoms with Crippen LogP contribution < -0.4 is 10.1 Å². The molecule has 2 aliphatic rings. The zero-order valence-electron chi connectivity index (χ0n) is 12.9. The summed E-state index contributed by atoms with van der Waals surface area (Å²) in [6.45, 7) is 3.00. The molecule has 0 bridgehead atoms. The quantitative estimate of drug-likeness (QED) is 0.778. The number of fused-ring (bicyclic) bond motifs is 2. The number of aryl methyl sites for hydroxylation is 1. The summed E-state index contributed by atoms with van der Waals surface area (Å²) in [6.07, 6.45) is 7.43. The minimum atomic E-state index is 0.654. The fourth-order valence-corrected chi connectivity index (χ4v) is 3.67. The van der Waals surface area contributed by atoms with E-state index in [1.54, 1.807) is 17.1 Å². The Kier molecular flexibility index (Phi) is 2.72. The van der Waals surface area contributed by atoms with Crippen LogP contribution in [0.3, 0.4) is 0 Å². The average Bonchev–Trinajstić information content (AvgIpc) is 3.07. The molecule has 0 radical (unpaired) electrons. The molecule has 0 unspecified atom stereocenters. The Hall–Kier alpha value is -2.41. The van der Waals surface area contributed by atoms with Crippen molar-refractivity contribution in [3.8, 4) is 17.1 Å². The normalized spacial score (nSPS) is 25.7. The van der Waals surface area contributed by atoms with Gasteiger partial charge in [0.05, 0.1) is 30.9 Å². The molecule has 5 rings (SSSR count). The molecular weight excluding hydrogens is 292 g/mol. The second-order valence-corrected chi connectivity index (χ2v) is 6.46. The maximum absolute atomic E-state index is 6.08. The van der Waals surface area contributed by atoms with E-state index in [0.717, 1.165) is 48.3 Å². The van der Waals surface area contributed by atoms with Crippen LogP contribution in [0.25, 0.3) is 16.8 Å². The molecule has 7 nitrogen and oxygen atoms in total. The van der Waals surface area contributed by atoms with Crippen LogP contribution in [0, 0.1) is 17.8 Å². The third-order valence-electron chi connectivity index (χ3n) is 5.04. The van der Waals surface area contributed by atoms with Gasteiger partial charge in [-0.2, -0.15) is 10.2 Å². The smallest absolute Gasteiger partial charge is 0.240 e. The lowest BCUT2D eigenvalue weighted by atomic mass is 10.2. The molecule has 1 aliphatic carbocycles. The first-order valence-corrected chi connectivity index (χ1v) is 7.96. The number of ether oxygens (including phenoxy) is 1. The molecule has 3 atom stereocenters. The van der Waals surface area contributed by atoms with Crippen molar-refractivity contribution in [1.82, 2.24) is 29.7 Å². The van der Waals surface area contributed by atoms with Crippen LogP contribution in [0.15, 0.2) is 30.9 Å². The van der Waals surface area contributed by atoms with Gasteiger partial charge >= 0.3 is 0 Å². The van der Waals surface area contributed by atoms with Crippen molar-refractivity contribution < 1.29 is 4.74 Å². The van der Waals surface area contributed by atoms with Crippen LogP contribution in [0.4, 0.5) is 0 Å². The van der Waals surface area contributed by atoms with Gasteiger partial charge < -0.3 is 10.1 Å². The zero-order valence-corrected chi connectivity index (χ0v) is 12.9. The Morgan fingerprint density at radius 2 is 2.13 bits per heavy atom. The molecule has 1 N–H and O–H groups in total. The minimum absolute atomic E-state index is 0.654. The summed E-state index contributed by atoms with van der Waals surface area (Å²) in [4.78, 5) is 4.70. The first-order valence-electron chi connectivity index (χ1n) is 7.96. The maximum Gasteiger partial charge on any atom is 0.240 e. The summed E-state index contributed by atoms with van der Waals surface area (Å²) in [5.74, 6) is 2.90. The summed E-state index contributed by atoms with van der Waals surface area (Å²) < 4.78 is 9.67. The lowest BCUT2D eigenvalue weighted by molar-refractivity contribution is 0.273. The van der Waals surface area contributed by atoms with E-state index in [1.165, 1.54) is 0 Å². The van der Waals surface area contributed by atoms with E-state index in [9.17, 15) is 0 Å². The van der Waals surface area contributed by atoms with Crippen molar-refractivity contribution in [3.63, 3.8) is 0 Å². The number of hydrogen-bond donors (Lipinski definition) is 1. The summed E-state index contributed by atoms with van der Waals surface area (Å²) >= 11 is 0. The van der Waals surface area contributed by atoms with Crippen LogP contribution in [-0.4, -0.2) is 44.1 Å². The van der Waals surface area contributed by atoms with E-state index in [2.05, 4.69) is 15.5 Å². The number of nitrogens with zero attached hydrogens (tertiary/aromatic N) is 5. The molecule has 1 aliphatic heterocycles. The van der Waals surface area contributed by atoms with Gasteiger partial charge in [-0.15, -0.1) is 0 Å². The molecule has 3 aromatic heterocycles. The van der Waals surface area contributed by atoms with Crippen molar-refractivity contribution in [1.29, 1.82) is 0 Å². The Balaban J connectivity index is 1.45. The van der Waals surface area contributed by atoms with Crippen molar-refractivity contribution >= 4 is 5.52 Å². The van der Waals surface area contributed by atoms with E-state index >= 15 is 0 Å². The predicted molar refractivity (Wildman–Crippen MR) is 84.0 cm³/mol. The number of aromatic nitrogens is 5. The van der Waals surface area contributed by atoms with Crippen molar-refractivity contribution in [2.24, 2.45) is 24.8 Å². The van der Waals surface area contributed by atoms with Crippen LogP contribution in [0.2, 0.25) is 0 Å². The molecule has 3 aromatic rings. The third-order valence-corrected chi connectivity index (χ3v) is 5.04. The molecule has 1 saturated heterocycles. The van der Waals surface area contributed by atoms with Gasteiger partial charge in [-0.3, -0.25) is 4.68 Å². The van der Waals surface area contributed by atoms with Gasteiger partial charge in [0.1, 0.15) is 5.52 Å². The van der Waals surface area contributed by atoms with Gasteiger partial charge in [0, 0.05) is 24.7 Å². The van der Waals surface area contributed by atoms with E-state index in [4.69, 9.17) is 9.72 Å². The SMILES string of the molecule is Cn1cc(-c2cn3nccc3c(OC[C@@H]3[C@@H]4CNC[C@@H]43)n2)cn1. The largest absolute Gasteiger partial charge is 0.476 e. The van der Waals surface area contributed by atoms with Gasteiger partial charge in [0.15, 0.2) is 0 Å². The molecule has 23 heavy (non-hydrogen) atoms. The average molecular weight is 310 g/mol. The fraction of sp³-hybridized carbons (Fsp3) is 0.438. The van der Waals surface area contributed by atoms with Crippen molar-refractivity contribution in [2.45, 2.75) is 0 Å². The molecule has 118 valence electrons. The summed E-state index contributed by atoms with van der Waals surface area (Å²) in [7, 11) is 1.90. The van der Waals surface area contributed by atoms with Gasteiger partial charge in [-0.25, -0.2) is 9.50 Å². The van der Waals surface area contributed by atoms with Crippen LogP contribution in [0.1, 0.15) is 0 Å². The van der Waals surface area contributed by atoms with Crippen LogP contribution in [0.5, 0.6) is 5.88 Å². The maximum atomic E-state index is 6.08. The lowest BCUT2D eigenvalue weighted by Crippen LogP contribution is -2.18. The molecule has 0 aromatic carbocycles. The van der Waals surface area contributed by atoms with Gasteiger partial charge in [-0.1, -0.05) is 0 Å². The number of nitrogens with one attached hydrogen (secondary N) is 1. The van der Waals surface area contributed by atoms with Crippen LogP contribution >= 0.6 is 0 Å². The predicted octanol–water partition coefficient (Wildman–Crippen LogP) is 0.974. The lowest BCUT2D eigenvalue weighted by Gasteiger charge is -2.10. The van der Waals surface area contributed by atoms with Crippen molar-refractivity contribution in [2.75, 3.05) is 19.7 Å². The highest BCUT2D eigenvalue weighted by molar-refractivity contribution is 5.63. The summed E-state index contributed by atoms with van der Waals surface area (Å²) in [6, 6.07) is 1.94. The Morgan fingerprint density at radius 3 is 2.91 bits per heavy atom. The number of rotatable bonds is 4. The zero-order chi connectivity index (χ0) is 15.4. The molecule has 1 saturated carbocycles. The molecule has 0 spiro atoms. The topological polar surface area (TPSA) is 69.3 Å². The van der Waals surface area contributed by atoms with Crippen LogP contribution in [-0.2, 0) is 7.05 Å². The van der Waals surface area contributed by atoms with Gasteiger partial charge in [-0.05, 0) is 31.0 Å². The fourth-order valence-electron chi connectivity index (χ4n) is 3.67. The molecule has 2 fully saturated rings. The first-order chi connectivity index (χ1) is 11.3. The third kappa shape index (κ3) is 2.11. The highest BCUT2D eigenvalue weighted by Gasteiger charge is 2.53. The van der Waals surface area contributed by atoms with E-state index in [-0.39, 0.29) is 0 Å². The Bertz CT molecular complexity index is 858. The monoisotopic (exact) mass is 310 g/mol. The van der Waals surface area contributed by atoms with E-state index in [1.807, 2.05) is 30.0 Å². The van der Waals surface area contributed by atoms with Crippen molar-refractivity contribution in [3.05, 3.63) is 30.9 Å². The molecular formula is C16H18N6O.